The molecule has 216 valence electrons. The average Bonchev–Trinajstić information content (AvgIpc) is 3.45. The minimum Gasteiger partial charge on any atom is -0.493 e. The molecule has 3 aromatic rings. The highest BCUT2D eigenvalue weighted by molar-refractivity contribution is 8.01. The summed E-state index contributed by atoms with van der Waals surface area (Å²) in [4.78, 5) is 27.7. The molecule has 0 radical (unpaired) electrons. The summed E-state index contributed by atoms with van der Waals surface area (Å²) in [6.07, 6.45) is 1.62. The van der Waals surface area contributed by atoms with Crippen molar-refractivity contribution < 1.29 is 19.1 Å². The van der Waals surface area contributed by atoms with Crippen molar-refractivity contribution in [1.29, 1.82) is 5.26 Å². The number of nitrogens with two attached hydrogens (primary N) is 1. The molecule has 0 saturated heterocycles. The zero-order valence-corrected chi connectivity index (χ0v) is 25.3. The van der Waals surface area contributed by atoms with E-state index in [-0.39, 0.29) is 28.8 Å². The summed E-state index contributed by atoms with van der Waals surface area (Å²) in [7, 11) is 3.08. The van der Waals surface area contributed by atoms with Crippen molar-refractivity contribution in [2.45, 2.75) is 43.4 Å². The van der Waals surface area contributed by atoms with Gasteiger partial charge in [0.15, 0.2) is 21.6 Å². The number of benzene rings is 2. The zero-order chi connectivity index (χ0) is 30.0. The van der Waals surface area contributed by atoms with Crippen LogP contribution >= 0.6 is 23.1 Å². The molecule has 1 amide bonds. The highest BCUT2D eigenvalue weighted by atomic mass is 32.2. The van der Waals surface area contributed by atoms with Gasteiger partial charge in [0.25, 0.3) is 0 Å². The third-order valence-corrected chi connectivity index (χ3v) is 9.40. The number of anilines is 2. The molecule has 42 heavy (non-hydrogen) atoms. The molecule has 1 aliphatic heterocycles. The van der Waals surface area contributed by atoms with Crippen LogP contribution in [0.25, 0.3) is 0 Å². The number of amides is 1. The van der Waals surface area contributed by atoms with E-state index < -0.39 is 5.92 Å². The predicted octanol–water partition coefficient (Wildman–Crippen LogP) is 5.21. The van der Waals surface area contributed by atoms with Crippen LogP contribution in [-0.4, -0.2) is 41.9 Å². The van der Waals surface area contributed by atoms with Gasteiger partial charge in [-0.05, 0) is 67.6 Å². The summed E-state index contributed by atoms with van der Waals surface area (Å²) in [6.45, 7) is 4.02. The normalized spacial score (nSPS) is 16.7. The third-order valence-electron chi connectivity index (χ3n) is 7.36. The molecule has 1 aliphatic carbocycles. The van der Waals surface area contributed by atoms with E-state index in [0.29, 0.717) is 57.1 Å². The summed E-state index contributed by atoms with van der Waals surface area (Å²) in [6, 6.07) is 13.4. The summed E-state index contributed by atoms with van der Waals surface area (Å²) >= 11 is 2.51. The van der Waals surface area contributed by atoms with Crippen molar-refractivity contribution in [2.75, 3.05) is 30.2 Å². The second-order valence-electron chi connectivity index (χ2n) is 9.92. The molecule has 2 aliphatic rings. The number of aryl methyl sites for hydroxylation is 2. The second kappa shape index (κ2) is 12.3. The third kappa shape index (κ3) is 5.57. The minimum atomic E-state index is -0.648. The van der Waals surface area contributed by atoms with Gasteiger partial charge in [-0.1, -0.05) is 35.2 Å². The number of aromatic nitrogens is 2. The Bertz CT molecular complexity index is 1670. The maximum absolute atomic E-state index is 13.4. The topological polar surface area (TPSA) is 143 Å². The molecule has 1 unspecified atom stereocenters. The first-order valence-corrected chi connectivity index (χ1v) is 15.1. The Kier molecular flexibility index (Phi) is 8.51. The lowest BCUT2D eigenvalue weighted by atomic mass is 9.75. The molecular weight excluding hydrogens is 573 g/mol. The van der Waals surface area contributed by atoms with Gasteiger partial charge in [0, 0.05) is 23.4 Å². The van der Waals surface area contributed by atoms with E-state index in [0.717, 1.165) is 16.8 Å². The lowest BCUT2D eigenvalue weighted by Gasteiger charge is -2.38. The minimum absolute atomic E-state index is 0.0385. The zero-order valence-electron chi connectivity index (χ0n) is 23.7. The monoisotopic (exact) mass is 602 g/mol. The number of thioether (sulfide) groups is 1. The Balaban J connectivity index is 1.43. The van der Waals surface area contributed by atoms with Crippen molar-refractivity contribution >= 4 is 45.6 Å². The Labute approximate surface area is 252 Å². The number of methoxy groups -OCH3 is 2. The molecule has 12 heteroatoms. The summed E-state index contributed by atoms with van der Waals surface area (Å²) in [5.74, 6) is 0.527. The highest BCUT2D eigenvalue weighted by Crippen LogP contribution is 2.48. The molecule has 0 spiro atoms. The fraction of sp³-hybridized carbons (Fsp3) is 0.300. The SMILES string of the molecule is COc1ccc(C2C(C#N)=C(N)N(c3nnc(SCC(=O)Nc4ccc(C)c(C)c4)s3)C3=C2C(=O)CCC3)cc1OC. The van der Waals surface area contributed by atoms with Gasteiger partial charge in [0.1, 0.15) is 5.82 Å². The molecule has 1 atom stereocenters. The van der Waals surface area contributed by atoms with Gasteiger partial charge in [-0.25, -0.2) is 0 Å². The molecule has 0 bridgehead atoms. The van der Waals surface area contributed by atoms with E-state index in [1.807, 2.05) is 38.1 Å². The van der Waals surface area contributed by atoms with Crippen LogP contribution in [0.15, 0.2) is 63.4 Å². The number of rotatable bonds is 8. The Morgan fingerprint density at radius 3 is 2.64 bits per heavy atom. The number of hydrogen-bond donors (Lipinski definition) is 2. The van der Waals surface area contributed by atoms with Gasteiger partial charge < -0.3 is 20.5 Å². The fourth-order valence-electron chi connectivity index (χ4n) is 5.17. The van der Waals surface area contributed by atoms with Crippen molar-refractivity contribution in [1.82, 2.24) is 10.2 Å². The Morgan fingerprint density at radius 2 is 1.93 bits per heavy atom. The van der Waals surface area contributed by atoms with Crippen LogP contribution in [-0.2, 0) is 9.59 Å². The Morgan fingerprint density at radius 1 is 1.14 bits per heavy atom. The number of Topliss-reactive ketones (excluding diaryl/α,β-unsaturated/α-hetero) is 1. The quantitative estimate of drug-likeness (QED) is 0.330. The summed E-state index contributed by atoms with van der Waals surface area (Å²) < 4.78 is 11.4. The van der Waals surface area contributed by atoms with Crippen LogP contribution in [0.2, 0.25) is 0 Å². The number of carbonyl (C=O) groups excluding carboxylic acids is 2. The summed E-state index contributed by atoms with van der Waals surface area (Å²) in [5.41, 5.74) is 11.8. The molecule has 1 aromatic heterocycles. The molecule has 5 rings (SSSR count). The number of ether oxygens (including phenoxy) is 2. The first-order chi connectivity index (χ1) is 20.2. The molecule has 2 aromatic carbocycles. The maximum Gasteiger partial charge on any atom is 0.234 e. The van der Waals surface area contributed by atoms with Crippen molar-refractivity contribution in [2.24, 2.45) is 5.73 Å². The Hall–Kier alpha value is -4.34. The first kappa shape index (κ1) is 29.2. The van der Waals surface area contributed by atoms with Crippen molar-refractivity contribution in [3.8, 4) is 17.6 Å². The van der Waals surface area contributed by atoms with Crippen LogP contribution in [0.4, 0.5) is 10.8 Å². The van der Waals surface area contributed by atoms with E-state index in [4.69, 9.17) is 15.2 Å². The number of nitrogens with one attached hydrogen (secondary N) is 1. The predicted molar refractivity (Wildman–Crippen MR) is 163 cm³/mol. The standard InChI is InChI=1S/C30H30N6O4S2/c1-16-8-10-19(12-17(16)2)33-25(38)15-41-30-35-34-29(42-30)36-21-6-5-7-22(37)27(21)26(20(14-31)28(36)32)18-9-11-23(39-3)24(13-18)40-4/h8-13,26H,5-7,15,32H2,1-4H3,(H,33,38). The van der Waals surface area contributed by atoms with Crippen LogP contribution in [0.3, 0.4) is 0 Å². The lowest BCUT2D eigenvalue weighted by molar-refractivity contribution is -0.116. The molecule has 0 fully saturated rings. The number of ketones is 1. The molecule has 2 heterocycles. The van der Waals surface area contributed by atoms with Crippen LogP contribution < -0.4 is 25.4 Å². The number of allylic oxidation sites excluding steroid dienone is 3. The molecule has 10 nitrogen and oxygen atoms in total. The number of nitrogens with zero attached hydrogens (tertiary/aromatic N) is 4. The van der Waals surface area contributed by atoms with Crippen molar-refractivity contribution in [3.63, 3.8) is 0 Å². The smallest absolute Gasteiger partial charge is 0.234 e. The van der Waals surface area contributed by atoms with Gasteiger partial charge in [0.2, 0.25) is 11.0 Å². The first-order valence-electron chi connectivity index (χ1n) is 13.3. The average molecular weight is 603 g/mol. The van der Waals surface area contributed by atoms with E-state index in [1.165, 1.54) is 30.2 Å². The molecular formula is C30H30N6O4S2. The molecule has 3 N–H and O–H groups in total. The second-order valence-corrected chi connectivity index (χ2v) is 12.1. The van der Waals surface area contributed by atoms with Crippen LogP contribution in [0.5, 0.6) is 11.5 Å². The highest BCUT2D eigenvalue weighted by Gasteiger charge is 2.41. The van der Waals surface area contributed by atoms with Crippen LogP contribution in [0, 0.1) is 25.2 Å². The number of hydrogen-bond acceptors (Lipinski definition) is 11. The van der Waals surface area contributed by atoms with Gasteiger partial charge >= 0.3 is 0 Å². The number of nitriles is 1. The van der Waals surface area contributed by atoms with Crippen LogP contribution in [0.1, 0.15) is 41.9 Å². The van der Waals surface area contributed by atoms with E-state index in [9.17, 15) is 14.9 Å². The van der Waals surface area contributed by atoms with Gasteiger partial charge in [0.05, 0.1) is 37.5 Å². The van der Waals surface area contributed by atoms with Gasteiger partial charge in [-0.15, -0.1) is 10.2 Å². The van der Waals surface area contributed by atoms with E-state index in [2.05, 4.69) is 21.6 Å². The van der Waals surface area contributed by atoms with Crippen molar-refractivity contribution in [3.05, 3.63) is 75.8 Å². The number of carbonyl (C=O) groups is 2. The van der Waals surface area contributed by atoms with Gasteiger partial charge in [-0.2, -0.15) is 5.26 Å². The molecule has 0 saturated carbocycles. The fourth-order valence-corrected chi connectivity index (χ4v) is 6.85. The van der Waals surface area contributed by atoms with E-state index in [1.54, 1.807) is 24.1 Å². The van der Waals surface area contributed by atoms with E-state index >= 15 is 0 Å². The maximum atomic E-state index is 13.4. The largest absolute Gasteiger partial charge is 0.493 e. The lowest BCUT2D eigenvalue weighted by Crippen LogP contribution is -2.38. The van der Waals surface area contributed by atoms with Gasteiger partial charge in [-0.3, -0.25) is 14.5 Å². The summed E-state index contributed by atoms with van der Waals surface area (Å²) in [5, 5.41) is 22.2.